The zero-order valence-electron chi connectivity index (χ0n) is 32.3. The molecule has 0 saturated carbocycles. The predicted molar refractivity (Wildman–Crippen MR) is 240 cm³/mol. The Morgan fingerprint density at radius 2 is 0.586 bits per heavy atom. The molecule has 1 heterocycles. The van der Waals surface area contributed by atoms with Crippen LogP contribution in [-0.2, 0) is 0 Å². The summed E-state index contributed by atoms with van der Waals surface area (Å²) >= 11 is 0. The molecule has 0 fully saturated rings. The summed E-state index contributed by atoms with van der Waals surface area (Å²) in [6.45, 7) is 4.24. The molecule has 4 heteroatoms. The summed E-state index contributed by atoms with van der Waals surface area (Å²) < 4.78 is 14.2. The molecule has 0 radical (unpaired) electrons. The first kappa shape index (κ1) is 34.9. The van der Waals surface area contributed by atoms with E-state index in [9.17, 15) is 0 Å². The number of ether oxygens (including phenoxy) is 2. The highest BCUT2D eigenvalue weighted by atomic mass is 16.6. The molecule has 4 nitrogen and oxygen atoms in total. The van der Waals surface area contributed by atoms with Crippen molar-refractivity contribution in [2.24, 2.45) is 0 Å². The smallest absolute Gasteiger partial charge is 0.196 e. The molecule has 9 aromatic rings. The molecule has 10 rings (SSSR count). The van der Waals surface area contributed by atoms with Gasteiger partial charge in [-0.25, -0.2) is 0 Å². The van der Waals surface area contributed by atoms with Crippen LogP contribution in [0.4, 0.5) is 34.1 Å². The zero-order chi connectivity index (χ0) is 39.0. The average Bonchev–Trinajstić information content (AvgIpc) is 3.29. The molecular formula is C54H40N2O2. The number of rotatable bonds is 8. The molecule has 0 saturated heterocycles. The van der Waals surface area contributed by atoms with Crippen LogP contribution in [-0.4, -0.2) is 0 Å². The minimum absolute atomic E-state index is 0.637. The Morgan fingerprint density at radius 3 is 0.948 bits per heavy atom. The molecular weight excluding hydrogens is 709 g/mol. The van der Waals surface area contributed by atoms with Crippen molar-refractivity contribution in [3.8, 4) is 45.3 Å². The Kier molecular flexibility index (Phi) is 8.92. The standard InChI is InChI=1S/C54H40N2O2/c1-37-21-29-43(30-22-37)55(45-33-25-41(26-34-45)39-13-5-3-6-14-39)51-47-17-9-10-18-48(47)52(54-53(51)57-49-19-11-12-20-50(49)58-54)56(44-31-23-38(2)24-32-44)46-35-27-42(28-36-46)40-15-7-4-8-16-40/h3-36H,1-2H3. The lowest BCUT2D eigenvalue weighted by molar-refractivity contribution is 0.362. The summed E-state index contributed by atoms with van der Waals surface area (Å²) in [4.78, 5) is 4.61. The summed E-state index contributed by atoms with van der Waals surface area (Å²) in [5, 5.41) is 2.04. The molecule has 0 spiro atoms. The van der Waals surface area contributed by atoms with E-state index < -0.39 is 0 Å². The second-order valence-electron chi connectivity index (χ2n) is 14.7. The minimum atomic E-state index is 0.637. The Labute approximate surface area is 339 Å². The van der Waals surface area contributed by atoms with Gasteiger partial charge in [-0.3, -0.25) is 0 Å². The first-order valence-corrected chi connectivity index (χ1v) is 19.7. The van der Waals surface area contributed by atoms with E-state index in [1.165, 1.54) is 22.3 Å². The van der Waals surface area contributed by atoms with Gasteiger partial charge in [-0.2, -0.15) is 0 Å². The van der Waals surface area contributed by atoms with Crippen LogP contribution in [0.25, 0.3) is 33.0 Å². The Bertz CT molecular complexity index is 2670. The van der Waals surface area contributed by atoms with Crippen LogP contribution in [0.5, 0.6) is 23.0 Å². The van der Waals surface area contributed by atoms with Crippen LogP contribution < -0.4 is 19.3 Å². The van der Waals surface area contributed by atoms with Crippen molar-refractivity contribution in [1.82, 2.24) is 0 Å². The van der Waals surface area contributed by atoms with Crippen molar-refractivity contribution in [2.75, 3.05) is 9.80 Å². The number of hydrogen-bond donors (Lipinski definition) is 0. The van der Waals surface area contributed by atoms with Gasteiger partial charge in [0, 0.05) is 33.5 Å². The Hall–Kier alpha value is -7.56. The fourth-order valence-electron chi connectivity index (χ4n) is 7.90. The lowest BCUT2D eigenvalue weighted by Crippen LogP contribution is -2.17. The monoisotopic (exact) mass is 748 g/mol. The molecule has 0 N–H and O–H groups in total. The molecule has 0 bridgehead atoms. The second kappa shape index (κ2) is 14.8. The van der Waals surface area contributed by atoms with E-state index in [2.05, 4.69) is 206 Å². The lowest BCUT2D eigenvalue weighted by atomic mass is 9.99. The molecule has 0 unspecified atom stereocenters. The van der Waals surface area contributed by atoms with E-state index in [1.807, 2.05) is 24.3 Å². The fraction of sp³-hybridized carbons (Fsp3) is 0.0370. The third kappa shape index (κ3) is 6.41. The highest BCUT2D eigenvalue weighted by Gasteiger charge is 2.34. The minimum Gasteiger partial charge on any atom is -0.447 e. The molecule has 58 heavy (non-hydrogen) atoms. The van der Waals surface area contributed by atoms with Crippen molar-refractivity contribution >= 4 is 44.9 Å². The van der Waals surface area contributed by atoms with E-state index in [4.69, 9.17) is 9.47 Å². The predicted octanol–water partition coefficient (Wildman–Crippen LogP) is 15.6. The van der Waals surface area contributed by atoms with Crippen LogP contribution in [0.1, 0.15) is 11.1 Å². The first-order valence-electron chi connectivity index (χ1n) is 19.7. The molecule has 0 aliphatic carbocycles. The third-order valence-electron chi connectivity index (χ3n) is 10.8. The number of fused-ring (bicyclic) bond motifs is 3. The van der Waals surface area contributed by atoms with Gasteiger partial charge in [0.25, 0.3) is 0 Å². The van der Waals surface area contributed by atoms with Crippen molar-refractivity contribution in [1.29, 1.82) is 0 Å². The Balaban J connectivity index is 1.25. The molecule has 0 aromatic heterocycles. The van der Waals surface area contributed by atoms with E-state index in [0.29, 0.717) is 23.0 Å². The van der Waals surface area contributed by atoms with Crippen molar-refractivity contribution in [3.05, 3.63) is 217 Å². The molecule has 1 aliphatic rings. The summed E-state index contributed by atoms with van der Waals surface area (Å²) in [6, 6.07) is 72.5. The van der Waals surface area contributed by atoms with Crippen molar-refractivity contribution in [3.63, 3.8) is 0 Å². The molecule has 278 valence electrons. The van der Waals surface area contributed by atoms with Crippen LogP contribution in [0.2, 0.25) is 0 Å². The van der Waals surface area contributed by atoms with Gasteiger partial charge < -0.3 is 19.3 Å². The number of aryl methyl sites for hydroxylation is 2. The van der Waals surface area contributed by atoms with Crippen molar-refractivity contribution < 1.29 is 9.47 Å². The van der Waals surface area contributed by atoms with Gasteiger partial charge in [-0.1, -0.05) is 157 Å². The fourth-order valence-corrected chi connectivity index (χ4v) is 7.90. The molecule has 0 atom stereocenters. The number of anilines is 6. The average molecular weight is 749 g/mol. The normalized spacial score (nSPS) is 11.6. The highest BCUT2D eigenvalue weighted by Crippen LogP contribution is 2.61. The van der Waals surface area contributed by atoms with Gasteiger partial charge in [-0.05, 0) is 96.8 Å². The lowest BCUT2D eigenvalue weighted by Gasteiger charge is -2.36. The van der Waals surface area contributed by atoms with Crippen LogP contribution in [0, 0.1) is 13.8 Å². The molecule has 0 amide bonds. The Morgan fingerprint density at radius 1 is 0.293 bits per heavy atom. The summed E-state index contributed by atoms with van der Waals surface area (Å²) in [7, 11) is 0. The maximum atomic E-state index is 7.12. The maximum absolute atomic E-state index is 7.12. The molecule has 1 aliphatic heterocycles. The van der Waals surface area contributed by atoms with Gasteiger partial charge in [0.2, 0.25) is 0 Å². The number of para-hydroxylation sites is 2. The summed E-state index contributed by atoms with van der Waals surface area (Å²) in [5.74, 6) is 2.60. The van der Waals surface area contributed by atoms with Gasteiger partial charge in [-0.15, -0.1) is 0 Å². The number of benzene rings is 9. The summed E-state index contributed by atoms with van der Waals surface area (Å²) in [5.41, 5.74) is 12.8. The third-order valence-corrected chi connectivity index (χ3v) is 10.8. The number of nitrogens with zero attached hydrogens (tertiary/aromatic N) is 2. The molecule has 9 aromatic carbocycles. The topological polar surface area (TPSA) is 24.9 Å². The van der Waals surface area contributed by atoms with Crippen molar-refractivity contribution in [2.45, 2.75) is 13.8 Å². The van der Waals surface area contributed by atoms with Crippen LogP contribution >= 0.6 is 0 Å². The zero-order valence-corrected chi connectivity index (χ0v) is 32.3. The quantitative estimate of drug-likeness (QED) is 0.145. The van der Waals surface area contributed by atoms with E-state index in [1.54, 1.807) is 0 Å². The largest absolute Gasteiger partial charge is 0.447 e. The van der Waals surface area contributed by atoms with Crippen LogP contribution in [0.3, 0.4) is 0 Å². The van der Waals surface area contributed by atoms with E-state index >= 15 is 0 Å². The first-order chi connectivity index (χ1) is 28.6. The van der Waals surface area contributed by atoms with Gasteiger partial charge in [0.15, 0.2) is 23.0 Å². The second-order valence-corrected chi connectivity index (χ2v) is 14.7. The van der Waals surface area contributed by atoms with E-state index in [-0.39, 0.29) is 0 Å². The van der Waals surface area contributed by atoms with Gasteiger partial charge in [0.05, 0.1) is 0 Å². The van der Waals surface area contributed by atoms with E-state index in [0.717, 1.165) is 56.0 Å². The highest BCUT2D eigenvalue weighted by molar-refractivity contribution is 6.13. The van der Waals surface area contributed by atoms with Crippen LogP contribution in [0.15, 0.2) is 206 Å². The number of hydrogen-bond acceptors (Lipinski definition) is 4. The van der Waals surface area contributed by atoms with Gasteiger partial charge in [0.1, 0.15) is 11.4 Å². The maximum Gasteiger partial charge on any atom is 0.196 e. The SMILES string of the molecule is Cc1ccc(N(c2ccc(-c3ccccc3)cc2)c2c3c(c(N(c4ccc(C)cc4)c4ccc(-c5ccccc5)cc4)c4ccccc24)Oc2ccccc2O3)cc1. The van der Waals surface area contributed by atoms with Gasteiger partial charge >= 0.3 is 0 Å². The summed E-state index contributed by atoms with van der Waals surface area (Å²) in [6.07, 6.45) is 0.